The van der Waals surface area contributed by atoms with Crippen LogP contribution in [0.1, 0.15) is 45.1 Å². The fourth-order valence-electron chi connectivity index (χ4n) is 2.26. The minimum atomic E-state index is 0.0710. The van der Waals surface area contributed by atoms with Crippen LogP contribution >= 0.6 is 0 Å². The van der Waals surface area contributed by atoms with Gasteiger partial charge in [0.05, 0.1) is 14.2 Å². The molecule has 1 amide bonds. The van der Waals surface area contributed by atoms with Crippen LogP contribution in [0.5, 0.6) is 11.5 Å². The molecule has 23 heavy (non-hydrogen) atoms. The fraction of sp³-hybridized carbons (Fsp3) is 0.526. The molecule has 0 radical (unpaired) electrons. The number of ether oxygens (including phenoxy) is 2. The number of methoxy groups -OCH3 is 2. The molecule has 0 spiro atoms. The van der Waals surface area contributed by atoms with Crippen molar-refractivity contribution < 1.29 is 14.3 Å². The standard InChI is InChI=1S/C19H29NO3/c1-5-7-13-20(14-8-6-2)19(21)12-10-16-9-11-17(22-3)18(15-16)23-4/h9-12,15H,5-8,13-14H2,1-4H3/b12-10+. The Morgan fingerprint density at radius 1 is 1.04 bits per heavy atom. The van der Waals surface area contributed by atoms with Gasteiger partial charge in [-0.15, -0.1) is 0 Å². The number of rotatable bonds is 10. The molecule has 0 saturated carbocycles. The Morgan fingerprint density at radius 2 is 1.65 bits per heavy atom. The first kappa shape index (κ1) is 19.1. The third kappa shape index (κ3) is 6.35. The number of carbonyl (C=O) groups excluding carboxylic acids is 1. The van der Waals surface area contributed by atoms with Gasteiger partial charge in [0.2, 0.25) is 5.91 Å². The molecular formula is C19H29NO3. The summed E-state index contributed by atoms with van der Waals surface area (Å²) < 4.78 is 10.5. The summed E-state index contributed by atoms with van der Waals surface area (Å²) in [6, 6.07) is 5.62. The van der Waals surface area contributed by atoms with E-state index in [1.807, 2.05) is 29.2 Å². The second-order valence-electron chi connectivity index (χ2n) is 5.48. The van der Waals surface area contributed by atoms with Crippen molar-refractivity contribution in [1.82, 2.24) is 4.90 Å². The lowest BCUT2D eigenvalue weighted by molar-refractivity contribution is -0.126. The van der Waals surface area contributed by atoms with Crippen molar-refractivity contribution in [3.63, 3.8) is 0 Å². The molecule has 0 aliphatic carbocycles. The minimum absolute atomic E-state index is 0.0710. The van der Waals surface area contributed by atoms with Gasteiger partial charge in [-0.2, -0.15) is 0 Å². The lowest BCUT2D eigenvalue weighted by Gasteiger charge is -2.20. The largest absolute Gasteiger partial charge is 0.493 e. The van der Waals surface area contributed by atoms with Crippen molar-refractivity contribution in [3.8, 4) is 11.5 Å². The molecule has 4 nitrogen and oxygen atoms in total. The number of amides is 1. The monoisotopic (exact) mass is 319 g/mol. The Balaban J connectivity index is 2.77. The maximum absolute atomic E-state index is 12.4. The van der Waals surface area contributed by atoms with Gasteiger partial charge >= 0.3 is 0 Å². The summed E-state index contributed by atoms with van der Waals surface area (Å²) in [5, 5.41) is 0. The number of unbranched alkanes of at least 4 members (excludes halogenated alkanes) is 2. The number of hydrogen-bond donors (Lipinski definition) is 0. The summed E-state index contributed by atoms with van der Waals surface area (Å²) in [5.41, 5.74) is 0.918. The lowest BCUT2D eigenvalue weighted by atomic mass is 10.1. The molecule has 0 aliphatic rings. The quantitative estimate of drug-likeness (QED) is 0.608. The van der Waals surface area contributed by atoms with Gasteiger partial charge in [-0.1, -0.05) is 32.8 Å². The van der Waals surface area contributed by atoms with Crippen LogP contribution in [-0.2, 0) is 4.79 Å². The molecule has 0 fully saturated rings. The highest BCUT2D eigenvalue weighted by atomic mass is 16.5. The number of benzene rings is 1. The Labute approximate surface area is 140 Å². The number of carbonyl (C=O) groups is 1. The first-order chi connectivity index (χ1) is 11.2. The van der Waals surface area contributed by atoms with Crippen molar-refractivity contribution in [2.75, 3.05) is 27.3 Å². The van der Waals surface area contributed by atoms with Gasteiger partial charge in [-0.25, -0.2) is 0 Å². The topological polar surface area (TPSA) is 38.8 Å². The predicted molar refractivity (Wildman–Crippen MR) is 95.0 cm³/mol. The van der Waals surface area contributed by atoms with E-state index in [0.717, 1.165) is 44.3 Å². The van der Waals surface area contributed by atoms with Gasteiger partial charge in [0, 0.05) is 19.2 Å². The molecule has 1 rings (SSSR count). The van der Waals surface area contributed by atoms with Crippen molar-refractivity contribution in [1.29, 1.82) is 0 Å². The van der Waals surface area contributed by atoms with Crippen LogP contribution in [-0.4, -0.2) is 38.1 Å². The summed E-state index contributed by atoms with van der Waals surface area (Å²) in [7, 11) is 3.21. The summed E-state index contributed by atoms with van der Waals surface area (Å²) in [4.78, 5) is 14.3. The summed E-state index contributed by atoms with van der Waals surface area (Å²) in [6.45, 7) is 5.93. The van der Waals surface area contributed by atoms with Crippen molar-refractivity contribution in [2.24, 2.45) is 0 Å². The smallest absolute Gasteiger partial charge is 0.246 e. The molecule has 4 heteroatoms. The van der Waals surface area contributed by atoms with Gasteiger partial charge < -0.3 is 14.4 Å². The SMILES string of the molecule is CCCCN(CCCC)C(=O)/C=C/c1ccc(OC)c(OC)c1. The van der Waals surface area contributed by atoms with E-state index in [2.05, 4.69) is 13.8 Å². The highest BCUT2D eigenvalue weighted by Gasteiger charge is 2.09. The van der Waals surface area contributed by atoms with Gasteiger partial charge in [-0.3, -0.25) is 4.79 Å². The predicted octanol–water partition coefficient (Wildman–Crippen LogP) is 4.15. The molecule has 0 saturated heterocycles. The van der Waals surface area contributed by atoms with E-state index >= 15 is 0 Å². The highest BCUT2D eigenvalue weighted by molar-refractivity contribution is 5.91. The third-order valence-electron chi connectivity index (χ3n) is 3.70. The fourth-order valence-corrected chi connectivity index (χ4v) is 2.26. The number of hydrogen-bond acceptors (Lipinski definition) is 3. The van der Waals surface area contributed by atoms with Gasteiger partial charge in [0.1, 0.15) is 0 Å². The minimum Gasteiger partial charge on any atom is -0.493 e. The van der Waals surface area contributed by atoms with E-state index in [1.54, 1.807) is 20.3 Å². The molecule has 0 atom stereocenters. The molecular weight excluding hydrogens is 290 g/mol. The van der Waals surface area contributed by atoms with Crippen LogP contribution in [0.25, 0.3) is 6.08 Å². The Bertz CT molecular complexity index is 503. The van der Waals surface area contributed by atoms with Crippen molar-refractivity contribution >= 4 is 12.0 Å². The zero-order valence-electron chi connectivity index (χ0n) is 14.8. The zero-order valence-corrected chi connectivity index (χ0v) is 14.8. The average molecular weight is 319 g/mol. The highest BCUT2D eigenvalue weighted by Crippen LogP contribution is 2.27. The van der Waals surface area contributed by atoms with Gasteiger partial charge in [0.25, 0.3) is 0 Å². The normalized spacial score (nSPS) is 10.8. The molecule has 0 aromatic heterocycles. The number of nitrogens with zero attached hydrogens (tertiary/aromatic N) is 1. The lowest BCUT2D eigenvalue weighted by Crippen LogP contribution is -2.31. The Hall–Kier alpha value is -1.97. The second-order valence-corrected chi connectivity index (χ2v) is 5.48. The maximum Gasteiger partial charge on any atom is 0.246 e. The molecule has 1 aromatic carbocycles. The molecule has 0 aliphatic heterocycles. The molecule has 1 aromatic rings. The first-order valence-corrected chi connectivity index (χ1v) is 8.35. The van der Waals surface area contributed by atoms with Crippen LogP contribution < -0.4 is 9.47 Å². The van der Waals surface area contributed by atoms with E-state index in [1.165, 1.54) is 0 Å². The summed E-state index contributed by atoms with van der Waals surface area (Å²) in [6.07, 6.45) is 7.74. The van der Waals surface area contributed by atoms with Crippen molar-refractivity contribution in [2.45, 2.75) is 39.5 Å². The van der Waals surface area contributed by atoms with Crippen LogP contribution in [0, 0.1) is 0 Å². The first-order valence-electron chi connectivity index (χ1n) is 8.35. The van der Waals surface area contributed by atoms with Crippen LogP contribution in [0.3, 0.4) is 0 Å². The zero-order chi connectivity index (χ0) is 17.1. The molecule has 0 N–H and O–H groups in total. The molecule has 0 bridgehead atoms. The third-order valence-corrected chi connectivity index (χ3v) is 3.70. The van der Waals surface area contributed by atoms with E-state index in [0.29, 0.717) is 11.5 Å². The Morgan fingerprint density at radius 3 is 2.17 bits per heavy atom. The van der Waals surface area contributed by atoms with Gasteiger partial charge in [-0.05, 0) is 36.6 Å². The maximum atomic E-state index is 12.4. The van der Waals surface area contributed by atoms with E-state index < -0.39 is 0 Å². The van der Waals surface area contributed by atoms with Gasteiger partial charge in [0.15, 0.2) is 11.5 Å². The van der Waals surface area contributed by atoms with Crippen LogP contribution in [0.4, 0.5) is 0 Å². The summed E-state index contributed by atoms with van der Waals surface area (Å²) >= 11 is 0. The average Bonchev–Trinajstić information content (AvgIpc) is 2.59. The molecule has 128 valence electrons. The van der Waals surface area contributed by atoms with E-state index in [9.17, 15) is 4.79 Å². The summed E-state index contributed by atoms with van der Waals surface area (Å²) in [5.74, 6) is 1.42. The molecule has 0 unspecified atom stereocenters. The van der Waals surface area contributed by atoms with Crippen molar-refractivity contribution in [3.05, 3.63) is 29.8 Å². The second kappa shape index (κ2) is 10.7. The van der Waals surface area contributed by atoms with E-state index in [-0.39, 0.29) is 5.91 Å². The molecule has 0 heterocycles. The van der Waals surface area contributed by atoms with E-state index in [4.69, 9.17) is 9.47 Å². The Kier molecular flexibility index (Phi) is 8.88. The van der Waals surface area contributed by atoms with Crippen LogP contribution in [0.2, 0.25) is 0 Å². The van der Waals surface area contributed by atoms with Crippen LogP contribution in [0.15, 0.2) is 24.3 Å².